The van der Waals surface area contributed by atoms with Gasteiger partial charge in [0.15, 0.2) is 0 Å². The van der Waals surface area contributed by atoms with Crippen LogP contribution in [0.1, 0.15) is 11.1 Å². The number of nitrogens with zero attached hydrogens (tertiary/aromatic N) is 3. The van der Waals surface area contributed by atoms with Gasteiger partial charge in [-0.3, -0.25) is 0 Å². The van der Waals surface area contributed by atoms with Gasteiger partial charge in [0.05, 0.1) is 18.1 Å². The van der Waals surface area contributed by atoms with Crippen LogP contribution in [0, 0.1) is 0 Å². The Morgan fingerprint density at radius 2 is 2.09 bits per heavy atom. The summed E-state index contributed by atoms with van der Waals surface area (Å²) < 4.78 is 44.4. The first-order valence-corrected chi connectivity index (χ1v) is 6.61. The molecular weight excluding hydrogens is 311 g/mol. The first-order chi connectivity index (χ1) is 11.0. The van der Waals surface area contributed by atoms with E-state index >= 15 is 0 Å². The molecule has 0 amide bonds. The smallest absolute Gasteiger partial charge is 0.418 e. The lowest BCUT2D eigenvalue weighted by molar-refractivity contribution is -0.136. The minimum atomic E-state index is -4.49. The highest BCUT2D eigenvalue weighted by Crippen LogP contribution is 2.36. The van der Waals surface area contributed by atoms with Crippen LogP contribution in [0.5, 0.6) is 5.88 Å². The number of rotatable bonds is 4. The minimum absolute atomic E-state index is 0.0921. The number of ether oxygens (including phenoxy) is 1. The maximum Gasteiger partial charge on any atom is 0.418 e. The van der Waals surface area contributed by atoms with Gasteiger partial charge in [0, 0.05) is 24.5 Å². The summed E-state index contributed by atoms with van der Waals surface area (Å²) in [5.74, 6) is 0.491. The van der Waals surface area contributed by atoms with Gasteiger partial charge >= 0.3 is 6.18 Å². The van der Waals surface area contributed by atoms with E-state index in [4.69, 9.17) is 4.74 Å². The van der Waals surface area contributed by atoms with Gasteiger partial charge in [-0.2, -0.15) is 13.2 Å². The zero-order valence-electron chi connectivity index (χ0n) is 12.0. The van der Waals surface area contributed by atoms with Crippen molar-refractivity contribution in [3.8, 4) is 5.88 Å². The summed E-state index contributed by atoms with van der Waals surface area (Å²) in [5, 5.41) is 2.79. The summed E-state index contributed by atoms with van der Waals surface area (Å²) in [6, 6.07) is 3.48. The topological polar surface area (TPSA) is 75.7 Å². The second kappa shape index (κ2) is 5.75. The molecule has 3 heterocycles. The molecule has 0 aromatic carbocycles. The number of alkyl halides is 3. The van der Waals surface area contributed by atoms with E-state index in [0.717, 1.165) is 6.20 Å². The average molecular weight is 323 g/mol. The summed E-state index contributed by atoms with van der Waals surface area (Å²) in [5.41, 5.74) is 0.00702. The van der Waals surface area contributed by atoms with Crippen LogP contribution in [0.2, 0.25) is 0 Å². The molecule has 0 radical (unpaired) electrons. The number of nitrogens with one attached hydrogen (secondary N) is 2. The lowest BCUT2D eigenvalue weighted by Crippen LogP contribution is -2.08. The predicted octanol–water partition coefficient (Wildman–Crippen LogP) is 2.99. The molecule has 23 heavy (non-hydrogen) atoms. The van der Waals surface area contributed by atoms with Crippen molar-refractivity contribution in [3.63, 3.8) is 0 Å². The van der Waals surface area contributed by atoms with Crippen molar-refractivity contribution >= 4 is 16.9 Å². The number of H-pyrrole nitrogens is 1. The van der Waals surface area contributed by atoms with Crippen LogP contribution >= 0.6 is 0 Å². The van der Waals surface area contributed by atoms with Gasteiger partial charge in [-0.05, 0) is 6.07 Å². The van der Waals surface area contributed by atoms with Gasteiger partial charge in [-0.25, -0.2) is 15.0 Å². The number of hydrogen-bond acceptors (Lipinski definition) is 5. The van der Waals surface area contributed by atoms with Gasteiger partial charge < -0.3 is 15.0 Å². The van der Waals surface area contributed by atoms with E-state index in [1.807, 2.05) is 0 Å². The molecule has 0 aliphatic rings. The quantitative estimate of drug-likeness (QED) is 0.772. The van der Waals surface area contributed by atoms with Crippen LogP contribution in [0.25, 0.3) is 11.0 Å². The van der Waals surface area contributed by atoms with Gasteiger partial charge in [0.2, 0.25) is 5.88 Å². The summed E-state index contributed by atoms with van der Waals surface area (Å²) in [4.78, 5) is 14.3. The second-order valence-electron chi connectivity index (χ2n) is 4.67. The third-order valence-electron chi connectivity index (χ3n) is 3.26. The number of methoxy groups -OCH3 is 1. The summed E-state index contributed by atoms with van der Waals surface area (Å²) in [6.07, 6.45) is -0.846. The molecule has 0 saturated carbocycles. The van der Waals surface area contributed by atoms with Gasteiger partial charge in [-0.15, -0.1) is 0 Å². The average Bonchev–Trinajstić information content (AvgIpc) is 2.98. The van der Waals surface area contributed by atoms with Gasteiger partial charge in [0.1, 0.15) is 17.8 Å². The Hall–Kier alpha value is -2.84. The predicted molar refractivity (Wildman–Crippen MR) is 77.0 cm³/mol. The fourth-order valence-electron chi connectivity index (χ4n) is 2.24. The van der Waals surface area contributed by atoms with E-state index in [1.165, 1.54) is 13.4 Å². The largest absolute Gasteiger partial charge is 0.481 e. The third-order valence-corrected chi connectivity index (χ3v) is 3.26. The highest BCUT2D eigenvalue weighted by molar-refractivity contribution is 5.90. The molecule has 120 valence electrons. The Labute approximate surface area is 128 Å². The molecule has 3 rings (SSSR count). The van der Waals surface area contributed by atoms with Gasteiger partial charge in [-0.1, -0.05) is 6.07 Å². The molecule has 0 fully saturated rings. The molecule has 3 aromatic rings. The molecule has 0 aliphatic heterocycles. The van der Waals surface area contributed by atoms with Crippen molar-refractivity contribution in [2.45, 2.75) is 12.7 Å². The van der Waals surface area contributed by atoms with Crippen LogP contribution < -0.4 is 10.1 Å². The second-order valence-corrected chi connectivity index (χ2v) is 4.67. The van der Waals surface area contributed by atoms with Crippen molar-refractivity contribution in [1.82, 2.24) is 19.9 Å². The Bertz CT molecular complexity index is 831. The molecular formula is C14H12F3N5O. The number of fused-ring (bicyclic) bond motifs is 1. The van der Waals surface area contributed by atoms with E-state index in [0.29, 0.717) is 11.4 Å². The van der Waals surface area contributed by atoms with E-state index < -0.39 is 11.7 Å². The zero-order valence-corrected chi connectivity index (χ0v) is 12.0. The monoisotopic (exact) mass is 323 g/mol. The number of aromatic amines is 1. The van der Waals surface area contributed by atoms with Crippen molar-refractivity contribution in [1.29, 1.82) is 0 Å². The van der Waals surface area contributed by atoms with Crippen LogP contribution in [-0.2, 0) is 12.7 Å². The first-order valence-electron chi connectivity index (χ1n) is 6.61. The van der Waals surface area contributed by atoms with Crippen LogP contribution in [0.3, 0.4) is 0 Å². The van der Waals surface area contributed by atoms with E-state index in [1.54, 1.807) is 18.3 Å². The SMILES string of the molecule is COc1ncccc1CNc1ncnc2[nH]cc(C(F)(F)F)c12. The van der Waals surface area contributed by atoms with Crippen LogP contribution in [0.4, 0.5) is 19.0 Å². The Kier molecular flexibility index (Phi) is 3.77. The number of pyridine rings is 1. The zero-order chi connectivity index (χ0) is 16.4. The van der Waals surface area contributed by atoms with E-state index in [9.17, 15) is 13.2 Å². The van der Waals surface area contributed by atoms with Crippen LogP contribution in [0.15, 0.2) is 30.9 Å². The molecule has 3 aromatic heterocycles. The molecule has 2 N–H and O–H groups in total. The normalized spacial score (nSPS) is 11.7. The lowest BCUT2D eigenvalue weighted by atomic mass is 10.2. The van der Waals surface area contributed by atoms with Crippen molar-refractivity contribution < 1.29 is 17.9 Å². The minimum Gasteiger partial charge on any atom is -0.481 e. The molecule has 0 atom stereocenters. The fraction of sp³-hybridized carbons (Fsp3) is 0.214. The fourth-order valence-corrected chi connectivity index (χ4v) is 2.24. The van der Waals surface area contributed by atoms with E-state index in [2.05, 4.69) is 25.3 Å². The maximum atomic E-state index is 13.1. The highest BCUT2D eigenvalue weighted by Gasteiger charge is 2.35. The Morgan fingerprint density at radius 3 is 2.83 bits per heavy atom. The molecule has 0 saturated heterocycles. The molecule has 6 nitrogen and oxygen atoms in total. The summed E-state index contributed by atoms with van der Waals surface area (Å²) in [6.45, 7) is 0.214. The lowest BCUT2D eigenvalue weighted by Gasteiger charge is -2.11. The standard InChI is InChI=1S/C14H12F3N5O/c1-23-13-8(3-2-4-18-13)5-19-11-10-9(14(15,16)17)6-20-12(10)22-7-21-11/h2-4,6-7H,5H2,1H3,(H2,19,20,21,22). The number of halogens is 3. The van der Waals surface area contributed by atoms with E-state index in [-0.39, 0.29) is 23.4 Å². The molecule has 0 unspecified atom stereocenters. The highest BCUT2D eigenvalue weighted by atomic mass is 19.4. The number of anilines is 1. The van der Waals surface area contributed by atoms with Crippen molar-refractivity contribution in [2.24, 2.45) is 0 Å². The Morgan fingerprint density at radius 1 is 1.26 bits per heavy atom. The molecule has 9 heteroatoms. The number of aromatic nitrogens is 4. The molecule has 0 spiro atoms. The third kappa shape index (κ3) is 2.89. The van der Waals surface area contributed by atoms with Gasteiger partial charge in [0.25, 0.3) is 0 Å². The van der Waals surface area contributed by atoms with Crippen molar-refractivity contribution in [2.75, 3.05) is 12.4 Å². The molecule has 0 bridgehead atoms. The Balaban J connectivity index is 1.96. The first kappa shape index (κ1) is 15.1. The number of hydrogen-bond donors (Lipinski definition) is 2. The summed E-state index contributed by atoms with van der Waals surface area (Å²) in [7, 11) is 1.47. The summed E-state index contributed by atoms with van der Waals surface area (Å²) >= 11 is 0. The van der Waals surface area contributed by atoms with Crippen molar-refractivity contribution in [3.05, 3.63) is 42.0 Å². The van der Waals surface area contributed by atoms with Crippen LogP contribution in [-0.4, -0.2) is 27.0 Å². The molecule has 0 aliphatic carbocycles. The maximum absolute atomic E-state index is 13.1.